The first-order valence-electron chi connectivity index (χ1n) is 5.14. The smallest absolute Gasteiger partial charge is 0.309 e. The van der Waals surface area contributed by atoms with Gasteiger partial charge in [0.05, 0.1) is 12.5 Å². The highest BCUT2D eigenvalue weighted by Gasteiger charge is 2.30. The predicted octanol–water partition coefficient (Wildman–Crippen LogP) is 1.37. The van der Waals surface area contributed by atoms with E-state index in [1.807, 2.05) is 26.0 Å². The highest BCUT2D eigenvalue weighted by atomic mass is 16.5. The Balaban J connectivity index is 2.60. The Morgan fingerprint density at radius 1 is 1.57 bits per heavy atom. The number of aliphatic hydroxyl groups is 1. The van der Waals surface area contributed by atoms with E-state index in [1.54, 1.807) is 0 Å². The van der Waals surface area contributed by atoms with Gasteiger partial charge < -0.3 is 9.84 Å². The zero-order valence-corrected chi connectivity index (χ0v) is 8.77. The lowest BCUT2D eigenvalue weighted by atomic mass is 9.80. The summed E-state index contributed by atoms with van der Waals surface area (Å²) in [7, 11) is 0. The molecule has 0 unspecified atom stereocenters. The predicted molar refractivity (Wildman–Crippen MR) is 53.6 cm³/mol. The number of hydrogen-bond donors (Lipinski definition) is 1. The summed E-state index contributed by atoms with van der Waals surface area (Å²) in [4.78, 5) is 11.5. The molecule has 1 aliphatic rings. The molecule has 1 aliphatic carbocycles. The summed E-state index contributed by atoms with van der Waals surface area (Å²) in [6.45, 7) is 4.35. The topological polar surface area (TPSA) is 46.5 Å². The fraction of sp³-hybridized carbons (Fsp3) is 0.727. The number of rotatable bonds is 3. The van der Waals surface area contributed by atoms with Gasteiger partial charge in [-0.25, -0.2) is 0 Å². The highest BCUT2D eigenvalue weighted by molar-refractivity contribution is 5.73. The summed E-state index contributed by atoms with van der Waals surface area (Å²) in [6.07, 6.45) is 4.68. The van der Waals surface area contributed by atoms with E-state index in [0.29, 0.717) is 13.0 Å². The van der Waals surface area contributed by atoms with Crippen molar-refractivity contribution in [2.24, 2.45) is 17.8 Å². The molecule has 0 aromatic rings. The second-order valence-corrected chi connectivity index (χ2v) is 3.78. The van der Waals surface area contributed by atoms with Crippen molar-refractivity contribution in [1.29, 1.82) is 0 Å². The molecule has 3 heteroatoms. The monoisotopic (exact) mass is 198 g/mol. The zero-order valence-electron chi connectivity index (χ0n) is 8.77. The second kappa shape index (κ2) is 5.15. The molecule has 1 rings (SSSR count). The Morgan fingerprint density at radius 2 is 2.29 bits per heavy atom. The largest absolute Gasteiger partial charge is 0.466 e. The summed E-state index contributed by atoms with van der Waals surface area (Å²) < 4.78 is 4.99. The van der Waals surface area contributed by atoms with E-state index in [1.165, 1.54) is 0 Å². The van der Waals surface area contributed by atoms with Crippen molar-refractivity contribution in [3.63, 3.8) is 0 Å². The van der Waals surface area contributed by atoms with E-state index < -0.39 is 0 Å². The molecular weight excluding hydrogens is 180 g/mol. The van der Waals surface area contributed by atoms with Crippen molar-refractivity contribution in [1.82, 2.24) is 0 Å². The summed E-state index contributed by atoms with van der Waals surface area (Å²) in [6, 6.07) is 0. The minimum absolute atomic E-state index is 0.0860. The lowest BCUT2D eigenvalue weighted by Gasteiger charge is -2.26. The number of aliphatic hydroxyl groups excluding tert-OH is 1. The molecule has 1 N–H and O–H groups in total. The highest BCUT2D eigenvalue weighted by Crippen LogP contribution is 2.28. The van der Waals surface area contributed by atoms with Crippen molar-refractivity contribution in [2.75, 3.05) is 13.2 Å². The van der Waals surface area contributed by atoms with Crippen molar-refractivity contribution < 1.29 is 14.6 Å². The zero-order chi connectivity index (χ0) is 10.6. The number of carbonyl (C=O) groups excluding carboxylic acids is 1. The van der Waals surface area contributed by atoms with Crippen LogP contribution in [0.5, 0.6) is 0 Å². The lowest BCUT2D eigenvalue weighted by Crippen LogP contribution is -2.29. The van der Waals surface area contributed by atoms with Gasteiger partial charge in [0, 0.05) is 12.5 Å². The minimum Gasteiger partial charge on any atom is -0.466 e. The third-order valence-electron chi connectivity index (χ3n) is 2.70. The van der Waals surface area contributed by atoms with Crippen LogP contribution in [0.15, 0.2) is 12.2 Å². The fourth-order valence-electron chi connectivity index (χ4n) is 1.78. The van der Waals surface area contributed by atoms with Gasteiger partial charge in [-0.15, -0.1) is 0 Å². The van der Waals surface area contributed by atoms with E-state index >= 15 is 0 Å². The van der Waals surface area contributed by atoms with Gasteiger partial charge in [-0.05, 0) is 19.3 Å². The first kappa shape index (κ1) is 11.2. The van der Waals surface area contributed by atoms with Gasteiger partial charge in [-0.3, -0.25) is 4.79 Å². The number of ether oxygens (including phenoxy) is 1. The fourth-order valence-corrected chi connectivity index (χ4v) is 1.78. The molecule has 0 bridgehead atoms. The summed E-state index contributed by atoms with van der Waals surface area (Å²) in [5, 5.41) is 9.00. The molecule has 0 aromatic carbocycles. The van der Waals surface area contributed by atoms with Crippen LogP contribution in [-0.4, -0.2) is 24.3 Å². The van der Waals surface area contributed by atoms with Crippen molar-refractivity contribution in [3.05, 3.63) is 12.2 Å². The average Bonchev–Trinajstić information content (AvgIpc) is 2.19. The van der Waals surface area contributed by atoms with Crippen molar-refractivity contribution in [3.8, 4) is 0 Å². The molecule has 0 amide bonds. The molecule has 0 saturated carbocycles. The normalized spacial score (nSPS) is 31.5. The number of esters is 1. The van der Waals surface area contributed by atoms with Crippen LogP contribution in [0.2, 0.25) is 0 Å². The van der Waals surface area contributed by atoms with E-state index in [4.69, 9.17) is 9.84 Å². The van der Waals surface area contributed by atoms with Crippen molar-refractivity contribution >= 4 is 5.97 Å². The van der Waals surface area contributed by atoms with Crippen LogP contribution < -0.4 is 0 Å². The molecule has 0 saturated heterocycles. The average molecular weight is 198 g/mol. The Hall–Kier alpha value is -0.830. The van der Waals surface area contributed by atoms with Crippen LogP contribution >= 0.6 is 0 Å². The van der Waals surface area contributed by atoms with Gasteiger partial charge in [0.2, 0.25) is 0 Å². The third kappa shape index (κ3) is 2.58. The van der Waals surface area contributed by atoms with E-state index in [-0.39, 0.29) is 30.3 Å². The van der Waals surface area contributed by atoms with Gasteiger partial charge >= 0.3 is 5.97 Å². The number of allylic oxidation sites excluding steroid dienone is 1. The summed E-state index contributed by atoms with van der Waals surface area (Å²) >= 11 is 0. The van der Waals surface area contributed by atoms with Crippen LogP contribution in [-0.2, 0) is 9.53 Å². The summed E-state index contributed by atoms with van der Waals surface area (Å²) in [5.74, 6) is 0.109. The molecule has 0 fully saturated rings. The van der Waals surface area contributed by atoms with Gasteiger partial charge in [0.15, 0.2) is 0 Å². The molecule has 0 aliphatic heterocycles. The van der Waals surface area contributed by atoms with E-state index in [2.05, 4.69) is 0 Å². The minimum atomic E-state index is -0.136. The third-order valence-corrected chi connectivity index (χ3v) is 2.70. The van der Waals surface area contributed by atoms with Crippen molar-refractivity contribution in [2.45, 2.75) is 20.3 Å². The molecular formula is C11H18O3. The first-order chi connectivity index (χ1) is 6.69. The van der Waals surface area contributed by atoms with Gasteiger partial charge in [-0.1, -0.05) is 19.1 Å². The van der Waals surface area contributed by atoms with Crippen LogP contribution in [0.1, 0.15) is 20.3 Å². The Morgan fingerprint density at radius 3 is 2.86 bits per heavy atom. The van der Waals surface area contributed by atoms with Crippen LogP contribution in [0.4, 0.5) is 0 Å². The molecule has 14 heavy (non-hydrogen) atoms. The molecule has 80 valence electrons. The van der Waals surface area contributed by atoms with Gasteiger partial charge in [0.25, 0.3) is 0 Å². The Labute approximate surface area is 84.8 Å². The van der Waals surface area contributed by atoms with Gasteiger partial charge in [0.1, 0.15) is 0 Å². The summed E-state index contributed by atoms with van der Waals surface area (Å²) in [5.41, 5.74) is 0. The standard InChI is InChI=1S/C11H18O3/c1-3-14-11(13)10-6-9(7-12)5-4-8(10)2/h4-5,8-10,12H,3,6-7H2,1-2H3/t8-,9+,10+/m1/s1. The quantitative estimate of drug-likeness (QED) is 0.550. The first-order valence-corrected chi connectivity index (χ1v) is 5.14. The second-order valence-electron chi connectivity index (χ2n) is 3.78. The molecule has 0 spiro atoms. The maximum absolute atomic E-state index is 11.5. The lowest BCUT2D eigenvalue weighted by molar-refractivity contribution is -0.150. The van der Waals surface area contributed by atoms with E-state index in [0.717, 1.165) is 0 Å². The van der Waals surface area contributed by atoms with Crippen LogP contribution in [0.25, 0.3) is 0 Å². The maximum atomic E-state index is 11.5. The SMILES string of the molecule is CCOC(=O)[C@H]1C[C@@H](CO)C=C[C@H]1C. The Kier molecular flexibility index (Phi) is 4.14. The van der Waals surface area contributed by atoms with Gasteiger partial charge in [-0.2, -0.15) is 0 Å². The van der Waals surface area contributed by atoms with Crippen LogP contribution in [0.3, 0.4) is 0 Å². The molecule has 0 heterocycles. The maximum Gasteiger partial charge on any atom is 0.309 e. The number of hydrogen-bond acceptors (Lipinski definition) is 3. The van der Waals surface area contributed by atoms with E-state index in [9.17, 15) is 4.79 Å². The Bertz CT molecular complexity index is 223. The van der Waals surface area contributed by atoms with Crippen LogP contribution in [0, 0.1) is 17.8 Å². The number of carbonyl (C=O) groups is 1. The molecule has 3 atom stereocenters. The molecule has 3 nitrogen and oxygen atoms in total. The molecule has 0 aromatic heterocycles. The molecule has 0 radical (unpaired) electrons.